The summed E-state index contributed by atoms with van der Waals surface area (Å²) in [7, 11) is 0. The van der Waals surface area contributed by atoms with Crippen molar-refractivity contribution in [1.82, 2.24) is 25.5 Å². The molecule has 0 bridgehead atoms. The number of dihydropyridines is 1. The van der Waals surface area contributed by atoms with Gasteiger partial charge in [-0.05, 0) is 37.6 Å². The number of allylic oxidation sites excluding steroid dienone is 1. The van der Waals surface area contributed by atoms with Crippen LogP contribution in [-0.4, -0.2) is 91.4 Å². The molecule has 0 aromatic carbocycles. The number of hydrogen-bond acceptors (Lipinski definition) is 9. The molecule has 2 amide bonds. The molecule has 2 aromatic rings. The van der Waals surface area contributed by atoms with Crippen molar-refractivity contribution in [3.63, 3.8) is 0 Å². The average molecular weight is 620 g/mol. The lowest BCUT2D eigenvalue weighted by molar-refractivity contribution is -0.141. The number of aromatic nitrogens is 2. The Morgan fingerprint density at radius 3 is 2.74 bits per heavy atom. The lowest BCUT2D eigenvalue weighted by Crippen LogP contribution is -2.41. The normalized spacial score (nSPS) is 18.5. The number of halogens is 3. The molecule has 1 saturated heterocycles. The third kappa shape index (κ3) is 8.78. The number of nitrogens with one attached hydrogen (secondary N) is 2. The summed E-state index contributed by atoms with van der Waals surface area (Å²) in [5.74, 6) is -2.08. The number of hydrogen-bond donors (Lipinski definition) is 3. The molecule has 4 heterocycles. The van der Waals surface area contributed by atoms with E-state index in [0.29, 0.717) is 66.6 Å². The molecule has 0 spiro atoms. The van der Waals surface area contributed by atoms with Crippen LogP contribution in [0.3, 0.4) is 0 Å². The average Bonchev–Trinajstić information content (AvgIpc) is 3.45. The number of pyridine rings is 1. The van der Waals surface area contributed by atoms with E-state index in [2.05, 4.69) is 30.5 Å². The molecule has 232 valence electrons. The molecule has 2 unspecified atom stereocenters. The summed E-state index contributed by atoms with van der Waals surface area (Å²) in [5, 5.41) is 5.92. The third-order valence-corrected chi connectivity index (χ3v) is 8.08. The fourth-order valence-electron chi connectivity index (χ4n) is 4.72. The Morgan fingerprint density at radius 1 is 1.28 bits per heavy atom. The second-order valence-corrected chi connectivity index (χ2v) is 11.3. The molecule has 43 heavy (non-hydrogen) atoms. The molecule has 4 rings (SSSR count). The van der Waals surface area contributed by atoms with Crippen LogP contribution in [0.2, 0.25) is 0 Å². The highest BCUT2D eigenvalue weighted by Gasteiger charge is 2.40. The van der Waals surface area contributed by atoms with Gasteiger partial charge in [0.25, 0.3) is 5.91 Å². The number of primary amides is 1. The highest BCUT2D eigenvalue weighted by molar-refractivity contribution is 7.17. The second-order valence-electron chi connectivity index (χ2n) is 10.3. The van der Waals surface area contributed by atoms with Crippen molar-refractivity contribution >= 4 is 41.0 Å². The van der Waals surface area contributed by atoms with E-state index in [-0.39, 0.29) is 24.1 Å². The van der Waals surface area contributed by atoms with Gasteiger partial charge in [-0.15, -0.1) is 11.3 Å². The molecular formula is C29H36F3N7O3S. The maximum absolute atomic E-state index is 14.2. The maximum Gasteiger partial charge on any atom is 0.435 e. The lowest BCUT2D eigenvalue weighted by atomic mass is 9.95. The van der Waals surface area contributed by atoms with Crippen LogP contribution in [0, 0.1) is 5.92 Å². The molecule has 0 saturated carbocycles. The van der Waals surface area contributed by atoms with Crippen LogP contribution in [0.15, 0.2) is 29.4 Å². The van der Waals surface area contributed by atoms with E-state index in [1.807, 2.05) is 19.9 Å². The number of aliphatic imine (C=N–C) groups is 1. The smallest absolute Gasteiger partial charge is 0.379 e. The van der Waals surface area contributed by atoms with Crippen molar-refractivity contribution in [2.24, 2.45) is 16.6 Å². The van der Waals surface area contributed by atoms with Crippen LogP contribution < -0.4 is 16.4 Å². The van der Waals surface area contributed by atoms with Gasteiger partial charge in [-0.2, -0.15) is 13.2 Å². The van der Waals surface area contributed by atoms with Gasteiger partial charge in [0.2, 0.25) is 5.91 Å². The van der Waals surface area contributed by atoms with Crippen LogP contribution in [0.5, 0.6) is 0 Å². The van der Waals surface area contributed by atoms with Crippen molar-refractivity contribution in [1.29, 1.82) is 0 Å². The molecule has 0 radical (unpaired) electrons. The third-order valence-electron chi connectivity index (χ3n) is 7.00. The number of nitrogens with two attached hydrogens (primary N) is 1. The molecular weight excluding hydrogens is 583 g/mol. The minimum absolute atomic E-state index is 0.00535. The van der Waals surface area contributed by atoms with Crippen LogP contribution in [0.25, 0.3) is 22.2 Å². The number of carbonyl (C=O) groups is 2. The molecule has 14 heteroatoms. The highest BCUT2D eigenvalue weighted by Crippen LogP contribution is 2.40. The van der Waals surface area contributed by atoms with Crippen LogP contribution in [-0.2, 0) is 15.7 Å². The molecule has 2 aliphatic heterocycles. The predicted octanol–water partition coefficient (Wildman–Crippen LogP) is 3.26. The van der Waals surface area contributed by atoms with Gasteiger partial charge >= 0.3 is 6.18 Å². The summed E-state index contributed by atoms with van der Waals surface area (Å²) >= 11 is 0.661. The van der Waals surface area contributed by atoms with E-state index in [1.54, 1.807) is 18.2 Å². The summed E-state index contributed by atoms with van der Waals surface area (Å²) in [6, 6.07) is 1.86. The Labute approximate surface area is 252 Å². The molecule has 2 atom stereocenters. The van der Waals surface area contributed by atoms with Gasteiger partial charge < -0.3 is 21.1 Å². The predicted molar refractivity (Wildman–Crippen MR) is 161 cm³/mol. The fraction of sp³-hybridized carbons (Fsp3) is 0.483. The van der Waals surface area contributed by atoms with Gasteiger partial charge in [0, 0.05) is 55.8 Å². The number of thiazole rings is 1. The van der Waals surface area contributed by atoms with E-state index in [0.717, 1.165) is 13.0 Å². The van der Waals surface area contributed by atoms with Gasteiger partial charge in [0.05, 0.1) is 31.4 Å². The van der Waals surface area contributed by atoms with E-state index in [4.69, 9.17) is 10.5 Å². The zero-order chi connectivity index (χ0) is 31.0. The topological polar surface area (TPSA) is 135 Å². The number of amides is 2. The highest BCUT2D eigenvalue weighted by atomic mass is 32.1. The van der Waals surface area contributed by atoms with Gasteiger partial charge in [0.1, 0.15) is 9.88 Å². The number of alkyl halides is 3. The monoisotopic (exact) mass is 619 g/mol. The molecule has 0 aliphatic carbocycles. The number of ether oxygens (including phenoxy) is 1. The van der Waals surface area contributed by atoms with E-state index >= 15 is 0 Å². The summed E-state index contributed by atoms with van der Waals surface area (Å²) in [6.07, 6.45) is 4.25. The van der Waals surface area contributed by atoms with Crippen molar-refractivity contribution in [3.05, 3.63) is 46.2 Å². The Balaban J connectivity index is 1.69. The lowest BCUT2D eigenvalue weighted by Gasteiger charge is -2.26. The first-order chi connectivity index (χ1) is 20.6. The Morgan fingerprint density at radius 2 is 2.05 bits per heavy atom. The second kappa shape index (κ2) is 14.8. The largest absolute Gasteiger partial charge is 0.435 e. The standard InChI is InChI=1S/C29H36F3N7O3S/c1-3-35-18(2)5-4-6-21-14-22(23(17-37-21)19-13-20(26(33)40)16-34-15-19)28-38-25(29(30,31)32)24(43-28)27(41)36-7-8-39-9-11-42-12-10-39/h4,6,13-15,17-18,20,35H,3,5,7-12,16H2,1-2H3,(H2,33,40)(H,36,41)/b6-4+. The number of carbonyl (C=O) groups excluding carboxylic acids is 2. The summed E-state index contributed by atoms with van der Waals surface area (Å²) in [4.78, 5) is 39.1. The fourth-order valence-corrected chi connectivity index (χ4v) is 5.75. The summed E-state index contributed by atoms with van der Waals surface area (Å²) < 4.78 is 47.8. The first-order valence-electron chi connectivity index (χ1n) is 14.1. The summed E-state index contributed by atoms with van der Waals surface area (Å²) in [5.41, 5.74) is 5.99. The quantitative estimate of drug-likeness (QED) is 0.332. The van der Waals surface area contributed by atoms with E-state index in [1.165, 1.54) is 12.4 Å². The SMILES string of the molecule is CCNC(C)C/C=C/c1cc(-c2nc(C(F)(F)F)c(C(=O)NCCN3CCOCC3)s2)c(C2=CC(C(N)=O)CN=C2)cn1. The van der Waals surface area contributed by atoms with Crippen molar-refractivity contribution in [2.75, 3.05) is 52.5 Å². The number of rotatable bonds is 12. The first kappa shape index (κ1) is 32.5. The Bertz CT molecular complexity index is 1380. The molecule has 2 aliphatic rings. The zero-order valence-corrected chi connectivity index (χ0v) is 24.9. The van der Waals surface area contributed by atoms with E-state index in [9.17, 15) is 22.8 Å². The molecule has 1 fully saturated rings. The minimum Gasteiger partial charge on any atom is -0.379 e. The van der Waals surface area contributed by atoms with Crippen molar-refractivity contribution < 1.29 is 27.5 Å². The van der Waals surface area contributed by atoms with Gasteiger partial charge in [-0.25, -0.2) is 4.98 Å². The molecule has 4 N–H and O–H groups in total. The molecule has 10 nitrogen and oxygen atoms in total. The van der Waals surface area contributed by atoms with Crippen molar-refractivity contribution in [2.45, 2.75) is 32.5 Å². The maximum atomic E-state index is 14.2. The number of nitrogens with zero attached hydrogens (tertiary/aromatic N) is 4. The van der Waals surface area contributed by atoms with Crippen LogP contribution in [0.1, 0.15) is 46.9 Å². The minimum atomic E-state index is -4.85. The van der Waals surface area contributed by atoms with Crippen molar-refractivity contribution in [3.8, 4) is 10.6 Å². The van der Waals surface area contributed by atoms with Gasteiger partial charge in [0.15, 0.2) is 5.69 Å². The first-order valence-corrected chi connectivity index (χ1v) is 15.0. The Hall–Kier alpha value is -3.46. The number of morpholine rings is 1. The zero-order valence-electron chi connectivity index (χ0n) is 24.1. The molecule has 2 aromatic heterocycles. The van der Waals surface area contributed by atoms with Crippen LogP contribution >= 0.6 is 11.3 Å². The van der Waals surface area contributed by atoms with Crippen LogP contribution in [0.4, 0.5) is 13.2 Å². The summed E-state index contributed by atoms with van der Waals surface area (Å²) in [6.45, 7) is 8.27. The van der Waals surface area contributed by atoms with E-state index < -0.39 is 34.5 Å². The van der Waals surface area contributed by atoms with Gasteiger partial charge in [-0.1, -0.05) is 19.1 Å². The van der Waals surface area contributed by atoms with Gasteiger partial charge in [-0.3, -0.25) is 24.5 Å². The Kier molecular flexibility index (Phi) is 11.2.